The lowest BCUT2D eigenvalue weighted by molar-refractivity contribution is -0.146. The van der Waals surface area contributed by atoms with Crippen LogP contribution in [0.4, 0.5) is 11.9 Å². The summed E-state index contributed by atoms with van der Waals surface area (Å²) in [5.74, 6) is 0.131. The van der Waals surface area contributed by atoms with Crippen molar-refractivity contribution >= 4 is 29.2 Å². The van der Waals surface area contributed by atoms with Gasteiger partial charge in [-0.05, 0) is 6.92 Å². The van der Waals surface area contributed by atoms with Crippen LogP contribution in [0.2, 0.25) is 0 Å². The van der Waals surface area contributed by atoms with E-state index in [1.807, 2.05) is 0 Å². The second kappa shape index (κ2) is 6.52. The highest BCUT2D eigenvalue weighted by Gasteiger charge is 2.12. The van der Waals surface area contributed by atoms with E-state index >= 15 is 0 Å². The minimum absolute atomic E-state index is 0.0506. The van der Waals surface area contributed by atoms with Gasteiger partial charge in [0.25, 0.3) is 0 Å². The summed E-state index contributed by atoms with van der Waals surface area (Å²) < 4.78 is 6.43. The molecule has 0 aliphatic rings. The Morgan fingerprint density at radius 3 is 2.73 bits per heavy atom. The smallest absolute Gasteiger partial charge is 0.326 e. The van der Waals surface area contributed by atoms with Crippen LogP contribution >= 0.6 is 11.3 Å². The molecule has 0 bridgehead atoms. The molecule has 0 aromatic carbocycles. The number of hydrogen-bond acceptors (Lipinski definition) is 9. The monoisotopic (exact) mass is 324 g/mol. The van der Waals surface area contributed by atoms with Crippen LogP contribution in [0, 0.1) is 6.92 Å². The third kappa shape index (κ3) is 3.79. The van der Waals surface area contributed by atoms with Crippen molar-refractivity contribution in [3.05, 3.63) is 26.6 Å². The number of carbonyl (C=O) groups excluding carboxylic acids is 1. The molecule has 2 N–H and O–H groups in total. The highest BCUT2D eigenvalue weighted by Crippen LogP contribution is 2.07. The molecule has 0 spiro atoms. The van der Waals surface area contributed by atoms with Crippen LogP contribution in [0.3, 0.4) is 0 Å². The second-order valence-electron chi connectivity index (χ2n) is 4.69. The maximum atomic E-state index is 11.8. The lowest BCUT2D eigenvalue weighted by atomic mass is 10.5. The number of hydrogen-bond donors (Lipinski definition) is 1. The van der Waals surface area contributed by atoms with Crippen LogP contribution in [0.15, 0.2) is 10.2 Å². The van der Waals surface area contributed by atoms with Gasteiger partial charge in [-0.15, -0.1) is 0 Å². The van der Waals surface area contributed by atoms with E-state index in [1.165, 1.54) is 4.57 Å². The first-order valence-corrected chi connectivity index (χ1v) is 7.23. The summed E-state index contributed by atoms with van der Waals surface area (Å²) in [5, 5.41) is 1.69. The maximum absolute atomic E-state index is 11.8. The molecule has 118 valence electrons. The molecule has 2 rings (SSSR count). The van der Waals surface area contributed by atoms with Crippen molar-refractivity contribution in [3.8, 4) is 0 Å². The molecule has 0 unspecified atom stereocenters. The number of aromatic nitrogens is 4. The number of thiazole rings is 1. The number of esters is 1. The van der Waals surface area contributed by atoms with Crippen molar-refractivity contribution in [2.24, 2.45) is 0 Å². The van der Waals surface area contributed by atoms with Gasteiger partial charge in [-0.1, -0.05) is 11.3 Å². The molecular weight excluding hydrogens is 308 g/mol. The first-order valence-electron chi connectivity index (χ1n) is 6.35. The average Bonchev–Trinajstić information content (AvgIpc) is 2.76. The second-order valence-corrected chi connectivity index (χ2v) is 5.51. The molecule has 2 heterocycles. The van der Waals surface area contributed by atoms with Crippen LogP contribution in [0.1, 0.15) is 11.5 Å². The zero-order valence-corrected chi connectivity index (χ0v) is 13.3. The lowest BCUT2D eigenvalue weighted by Crippen LogP contribution is -2.22. The molecule has 0 saturated carbocycles. The Morgan fingerprint density at radius 2 is 2.14 bits per heavy atom. The molecule has 22 heavy (non-hydrogen) atoms. The number of nitrogens with zero attached hydrogens (tertiary/aromatic N) is 5. The first-order chi connectivity index (χ1) is 10.4. The Morgan fingerprint density at radius 1 is 1.41 bits per heavy atom. The normalized spacial score (nSPS) is 10.5. The third-order valence-electron chi connectivity index (χ3n) is 2.71. The molecule has 0 aliphatic carbocycles. The molecule has 2 aromatic rings. The van der Waals surface area contributed by atoms with Crippen molar-refractivity contribution in [2.75, 3.05) is 24.7 Å². The van der Waals surface area contributed by atoms with Crippen LogP contribution in [0.5, 0.6) is 0 Å². The fraction of sp³-hybridized carbons (Fsp3) is 0.417. The molecule has 0 radical (unpaired) electrons. The van der Waals surface area contributed by atoms with Gasteiger partial charge in [0, 0.05) is 25.2 Å². The Labute approximate surface area is 130 Å². The highest BCUT2D eigenvalue weighted by molar-refractivity contribution is 7.07. The van der Waals surface area contributed by atoms with E-state index < -0.39 is 5.97 Å². The largest absolute Gasteiger partial charge is 0.456 e. The molecule has 2 aromatic heterocycles. The number of rotatable bonds is 5. The maximum Gasteiger partial charge on any atom is 0.326 e. The summed E-state index contributed by atoms with van der Waals surface area (Å²) in [7, 11) is 3.52. The van der Waals surface area contributed by atoms with E-state index in [0.29, 0.717) is 11.6 Å². The number of ether oxygens (including phenoxy) is 1. The molecule has 0 amide bonds. The molecule has 0 saturated heterocycles. The minimum Gasteiger partial charge on any atom is -0.456 e. The first kappa shape index (κ1) is 15.9. The van der Waals surface area contributed by atoms with Gasteiger partial charge in [-0.2, -0.15) is 15.0 Å². The third-order valence-corrected chi connectivity index (χ3v) is 3.59. The van der Waals surface area contributed by atoms with E-state index in [-0.39, 0.29) is 29.8 Å². The Hall–Kier alpha value is -2.49. The SMILES string of the molecule is Cc1csc(=O)n1CC(=O)OCc1nc(N)nc(N(C)C)n1. The van der Waals surface area contributed by atoms with Gasteiger partial charge in [0.05, 0.1) is 0 Å². The molecular formula is C12H16N6O3S. The summed E-state index contributed by atoms with van der Waals surface area (Å²) in [5.41, 5.74) is 6.29. The number of carbonyl (C=O) groups is 1. The predicted molar refractivity (Wildman–Crippen MR) is 81.7 cm³/mol. The van der Waals surface area contributed by atoms with Crippen molar-refractivity contribution in [1.82, 2.24) is 19.5 Å². The molecule has 0 fully saturated rings. The van der Waals surface area contributed by atoms with Crippen LogP contribution in [0.25, 0.3) is 0 Å². The molecule has 0 atom stereocenters. The minimum atomic E-state index is -0.547. The Bertz CT molecular complexity index is 739. The lowest BCUT2D eigenvalue weighted by Gasteiger charge is -2.11. The zero-order chi connectivity index (χ0) is 16.3. The van der Waals surface area contributed by atoms with E-state index in [0.717, 1.165) is 11.3 Å². The number of nitrogens with two attached hydrogens (primary N) is 1. The fourth-order valence-electron chi connectivity index (χ4n) is 1.61. The van der Waals surface area contributed by atoms with E-state index in [1.54, 1.807) is 31.3 Å². The topological polar surface area (TPSA) is 116 Å². The van der Waals surface area contributed by atoms with Crippen molar-refractivity contribution in [2.45, 2.75) is 20.1 Å². The van der Waals surface area contributed by atoms with Gasteiger partial charge in [-0.3, -0.25) is 14.2 Å². The molecule has 10 heteroatoms. The van der Waals surface area contributed by atoms with Crippen molar-refractivity contribution in [1.29, 1.82) is 0 Å². The molecule has 0 aliphatic heterocycles. The van der Waals surface area contributed by atoms with Crippen LogP contribution < -0.4 is 15.5 Å². The highest BCUT2D eigenvalue weighted by atomic mass is 32.1. The zero-order valence-electron chi connectivity index (χ0n) is 12.4. The van der Waals surface area contributed by atoms with Crippen LogP contribution in [-0.2, 0) is 22.7 Å². The van der Waals surface area contributed by atoms with Crippen molar-refractivity contribution < 1.29 is 9.53 Å². The van der Waals surface area contributed by atoms with Gasteiger partial charge in [0.2, 0.25) is 11.9 Å². The number of nitrogen functional groups attached to an aromatic ring is 1. The fourth-order valence-corrected chi connectivity index (χ4v) is 2.34. The average molecular weight is 324 g/mol. The summed E-state index contributed by atoms with van der Waals surface area (Å²) >= 11 is 1.04. The van der Waals surface area contributed by atoms with Crippen LogP contribution in [-0.4, -0.2) is 39.6 Å². The summed E-state index contributed by atoms with van der Waals surface area (Å²) in [6.07, 6.45) is 0. The number of aryl methyl sites for hydroxylation is 1. The molecule has 9 nitrogen and oxygen atoms in total. The predicted octanol–water partition coefficient (Wildman–Crippen LogP) is -0.205. The van der Waals surface area contributed by atoms with E-state index in [2.05, 4.69) is 15.0 Å². The number of anilines is 2. The van der Waals surface area contributed by atoms with Gasteiger partial charge < -0.3 is 15.4 Å². The van der Waals surface area contributed by atoms with E-state index in [9.17, 15) is 9.59 Å². The summed E-state index contributed by atoms with van der Waals surface area (Å²) in [4.78, 5) is 36.8. The quantitative estimate of drug-likeness (QED) is 0.751. The summed E-state index contributed by atoms with van der Waals surface area (Å²) in [6, 6.07) is 0. The van der Waals surface area contributed by atoms with Gasteiger partial charge in [0.1, 0.15) is 6.54 Å². The van der Waals surface area contributed by atoms with Gasteiger partial charge in [0.15, 0.2) is 12.4 Å². The summed E-state index contributed by atoms with van der Waals surface area (Å²) in [6.45, 7) is 1.47. The Balaban J connectivity index is 2.01. The van der Waals surface area contributed by atoms with Gasteiger partial charge >= 0.3 is 10.8 Å². The van der Waals surface area contributed by atoms with E-state index in [4.69, 9.17) is 10.5 Å². The van der Waals surface area contributed by atoms with Gasteiger partial charge in [-0.25, -0.2) is 0 Å². The standard InChI is InChI=1S/C12H16N6O3S/c1-7-6-22-12(20)18(7)4-9(19)21-5-8-14-10(13)16-11(15-8)17(2)3/h6H,4-5H2,1-3H3,(H2,13,14,15,16). The van der Waals surface area contributed by atoms with Crippen molar-refractivity contribution in [3.63, 3.8) is 0 Å². The Kier molecular flexibility index (Phi) is 4.71.